The first-order valence-corrected chi connectivity index (χ1v) is 7.33. The van der Waals surface area contributed by atoms with Crippen LogP contribution in [-0.2, 0) is 11.3 Å². The highest BCUT2D eigenvalue weighted by molar-refractivity contribution is 9.10. The van der Waals surface area contributed by atoms with E-state index in [-0.39, 0.29) is 11.9 Å². The highest BCUT2D eigenvalue weighted by Crippen LogP contribution is 2.32. The van der Waals surface area contributed by atoms with Crippen LogP contribution in [0.15, 0.2) is 41.4 Å². The fraction of sp³-hybridized carbons (Fsp3) is 0.286. The predicted octanol–water partition coefficient (Wildman–Crippen LogP) is 2.32. The van der Waals surface area contributed by atoms with Crippen LogP contribution < -0.4 is 10.6 Å². The molecule has 0 aliphatic carbocycles. The van der Waals surface area contributed by atoms with E-state index in [4.69, 9.17) is 0 Å². The molecular formula is C14H15BrN4O. The number of hydrogen-bond acceptors (Lipinski definition) is 3. The molecule has 1 unspecified atom stereocenters. The number of fused-ring (bicyclic) bond motifs is 1. The van der Waals surface area contributed by atoms with Crippen LogP contribution in [0.3, 0.4) is 0 Å². The van der Waals surface area contributed by atoms with Gasteiger partial charge >= 0.3 is 0 Å². The topological polar surface area (TPSA) is 59.0 Å². The molecule has 0 radical (unpaired) electrons. The van der Waals surface area contributed by atoms with E-state index in [9.17, 15) is 4.79 Å². The summed E-state index contributed by atoms with van der Waals surface area (Å²) in [5, 5.41) is 6.20. The molecule has 0 saturated heterocycles. The number of amides is 1. The number of imidazole rings is 1. The average Bonchev–Trinajstić information content (AvgIpc) is 3.02. The third-order valence-electron chi connectivity index (χ3n) is 3.35. The summed E-state index contributed by atoms with van der Waals surface area (Å²) in [5.41, 5.74) is 1.90. The molecule has 1 aliphatic heterocycles. The summed E-state index contributed by atoms with van der Waals surface area (Å²) in [5.74, 6) is 0.0146. The van der Waals surface area contributed by atoms with Gasteiger partial charge in [0, 0.05) is 34.7 Å². The van der Waals surface area contributed by atoms with Crippen molar-refractivity contribution in [1.29, 1.82) is 0 Å². The van der Waals surface area contributed by atoms with Crippen LogP contribution in [0.1, 0.15) is 18.0 Å². The van der Waals surface area contributed by atoms with Gasteiger partial charge in [-0.05, 0) is 25.1 Å². The molecule has 1 amide bonds. The van der Waals surface area contributed by atoms with E-state index >= 15 is 0 Å². The predicted molar refractivity (Wildman–Crippen MR) is 80.4 cm³/mol. The summed E-state index contributed by atoms with van der Waals surface area (Å²) < 4.78 is 3.00. The number of nitrogens with zero attached hydrogens (tertiary/aromatic N) is 2. The molecule has 1 aliphatic rings. The maximum absolute atomic E-state index is 12.0. The van der Waals surface area contributed by atoms with E-state index < -0.39 is 0 Å². The number of anilines is 1. The second kappa shape index (κ2) is 5.76. The first kappa shape index (κ1) is 13.3. The van der Waals surface area contributed by atoms with Crippen molar-refractivity contribution < 1.29 is 4.79 Å². The molecule has 0 bridgehead atoms. The van der Waals surface area contributed by atoms with Gasteiger partial charge in [0.25, 0.3) is 0 Å². The van der Waals surface area contributed by atoms with Crippen molar-refractivity contribution in [3.05, 3.63) is 47.0 Å². The summed E-state index contributed by atoms with van der Waals surface area (Å²) in [6.07, 6.45) is 6.46. The molecule has 2 aromatic rings. The first-order chi connectivity index (χ1) is 9.74. The van der Waals surface area contributed by atoms with E-state index in [2.05, 4.69) is 31.5 Å². The number of carbonyl (C=O) groups is 1. The van der Waals surface area contributed by atoms with Crippen LogP contribution in [0.4, 0.5) is 5.69 Å². The van der Waals surface area contributed by atoms with Gasteiger partial charge < -0.3 is 15.2 Å². The van der Waals surface area contributed by atoms with Crippen molar-refractivity contribution in [3.63, 3.8) is 0 Å². The lowest BCUT2D eigenvalue weighted by atomic mass is 10.1. The van der Waals surface area contributed by atoms with Crippen LogP contribution in [-0.4, -0.2) is 22.0 Å². The van der Waals surface area contributed by atoms with Crippen LogP contribution in [0.2, 0.25) is 0 Å². The Balaban J connectivity index is 1.57. The molecule has 104 valence electrons. The zero-order valence-corrected chi connectivity index (χ0v) is 12.4. The van der Waals surface area contributed by atoms with E-state index in [1.54, 1.807) is 12.5 Å². The van der Waals surface area contributed by atoms with E-state index in [0.29, 0.717) is 0 Å². The molecule has 1 aromatic carbocycles. The maximum Gasteiger partial charge on any atom is 0.246 e. The Labute approximate surface area is 125 Å². The minimum Gasteiger partial charge on any atom is -0.337 e. The van der Waals surface area contributed by atoms with E-state index in [1.807, 2.05) is 29.0 Å². The van der Waals surface area contributed by atoms with Gasteiger partial charge in [-0.15, -0.1) is 0 Å². The van der Waals surface area contributed by atoms with Gasteiger partial charge in [-0.3, -0.25) is 4.79 Å². The molecule has 1 atom stereocenters. The Morgan fingerprint density at radius 3 is 3.15 bits per heavy atom. The zero-order chi connectivity index (χ0) is 13.9. The number of carbonyl (C=O) groups excluding carboxylic acids is 1. The number of rotatable bonds is 5. The lowest BCUT2D eigenvalue weighted by Gasteiger charge is -2.11. The maximum atomic E-state index is 12.0. The average molecular weight is 335 g/mol. The van der Waals surface area contributed by atoms with Crippen molar-refractivity contribution >= 4 is 27.5 Å². The first-order valence-electron chi connectivity index (χ1n) is 6.53. The molecule has 1 aromatic heterocycles. The van der Waals surface area contributed by atoms with Gasteiger partial charge in [0.1, 0.15) is 6.04 Å². The van der Waals surface area contributed by atoms with Gasteiger partial charge in [-0.25, -0.2) is 4.98 Å². The highest BCUT2D eigenvalue weighted by atomic mass is 79.9. The normalized spacial score (nSPS) is 17.1. The van der Waals surface area contributed by atoms with Crippen LogP contribution in [0, 0.1) is 0 Å². The van der Waals surface area contributed by atoms with Gasteiger partial charge in [-0.2, -0.15) is 0 Å². The molecule has 0 saturated carbocycles. The Morgan fingerprint density at radius 2 is 2.35 bits per heavy atom. The number of nitrogens with one attached hydrogen (secondary N) is 2. The monoisotopic (exact) mass is 334 g/mol. The quantitative estimate of drug-likeness (QED) is 0.825. The summed E-state index contributed by atoms with van der Waals surface area (Å²) in [6.45, 7) is 1.68. The van der Waals surface area contributed by atoms with Crippen molar-refractivity contribution in [3.8, 4) is 0 Å². The lowest BCUT2D eigenvalue weighted by molar-refractivity contribution is -0.117. The fourth-order valence-electron chi connectivity index (χ4n) is 2.36. The Hall–Kier alpha value is -1.66. The second-order valence-corrected chi connectivity index (χ2v) is 5.68. The van der Waals surface area contributed by atoms with Crippen molar-refractivity contribution in [1.82, 2.24) is 14.9 Å². The zero-order valence-electron chi connectivity index (χ0n) is 10.8. The van der Waals surface area contributed by atoms with Crippen molar-refractivity contribution in [2.24, 2.45) is 0 Å². The van der Waals surface area contributed by atoms with Gasteiger partial charge in [-0.1, -0.05) is 22.0 Å². The smallest absolute Gasteiger partial charge is 0.246 e. The Kier molecular flexibility index (Phi) is 3.84. The molecule has 0 fully saturated rings. The minimum atomic E-state index is -0.249. The molecule has 6 heteroatoms. The van der Waals surface area contributed by atoms with E-state index in [0.717, 1.165) is 35.2 Å². The van der Waals surface area contributed by atoms with Crippen molar-refractivity contribution in [2.45, 2.75) is 19.0 Å². The fourth-order valence-corrected chi connectivity index (χ4v) is 2.73. The summed E-state index contributed by atoms with van der Waals surface area (Å²) in [7, 11) is 0. The van der Waals surface area contributed by atoms with Crippen molar-refractivity contribution in [2.75, 3.05) is 11.9 Å². The number of aromatic nitrogens is 2. The van der Waals surface area contributed by atoms with Crippen LogP contribution in [0.25, 0.3) is 0 Å². The minimum absolute atomic E-state index is 0.0146. The van der Waals surface area contributed by atoms with E-state index in [1.165, 1.54) is 0 Å². The lowest BCUT2D eigenvalue weighted by Crippen LogP contribution is -2.28. The summed E-state index contributed by atoms with van der Waals surface area (Å²) in [4.78, 5) is 16.0. The highest BCUT2D eigenvalue weighted by Gasteiger charge is 2.29. The summed E-state index contributed by atoms with van der Waals surface area (Å²) in [6, 6.07) is 5.62. The number of hydrogen-bond donors (Lipinski definition) is 2. The number of halogens is 1. The standard InChI is InChI=1S/C14H15BrN4O/c15-10-2-3-11-12(8-10)18-14(20)13(11)17-4-1-6-19-7-5-16-9-19/h2-3,5,7-9,13,17H,1,4,6H2,(H,18,20). The van der Waals surface area contributed by atoms with Gasteiger partial charge in [0.15, 0.2) is 0 Å². The summed E-state index contributed by atoms with van der Waals surface area (Å²) >= 11 is 3.41. The SMILES string of the molecule is O=C1Nc2cc(Br)ccc2C1NCCCn1ccnc1. The van der Waals surface area contributed by atoms with Crippen LogP contribution in [0.5, 0.6) is 0 Å². The van der Waals surface area contributed by atoms with Gasteiger partial charge in [0.05, 0.1) is 6.33 Å². The molecule has 20 heavy (non-hydrogen) atoms. The van der Waals surface area contributed by atoms with Gasteiger partial charge in [0.2, 0.25) is 5.91 Å². The molecular weight excluding hydrogens is 320 g/mol. The number of benzene rings is 1. The molecule has 5 nitrogen and oxygen atoms in total. The Bertz CT molecular complexity index is 612. The third-order valence-corrected chi connectivity index (χ3v) is 3.84. The number of aryl methyl sites for hydroxylation is 1. The second-order valence-electron chi connectivity index (χ2n) is 4.76. The Morgan fingerprint density at radius 1 is 1.45 bits per heavy atom. The molecule has 3 rings (SSSR count). The third kappa shape index (κ3) is 2.76. The molecule has 2 heterocycles. The molecule has 2 N–H and O–H groups in total. The van der Waals surface area contributed by atoms with Crippen LogP contribution >= 0.6 is 15.9 Å². The largest absolute Gasteiger partial charge is 0.337 e. The molecule has 0 spiro atoms.